The maximum atomic E-state index is 13.9. The Hall–Kier alpha value is -0.485. The smallest absolute Gasteiger partial charge is 0.166 e. The Balaban J connectivity index is 2.47. The van der Waals surface area contributed by atoms with Crippen molar-refractivity contribution >= 4 is 89.6 Å². The molecule has 0 bridgehead atoms. The van der Waals surface area contributed by atoms with Gasteiger partial charge in [-0.3, -0.25) is 0 Å². The van der Waals surface area contributed by atoms with Crippen molar-refractivity contribution in [3.8, 4) is 0 Å². The Labute approximate surface area is 205 Å². The molecule has 0 unspecified atom stereocenters. The van der Waals surface area contributed by atoms with Crippen molar-refractivity contribution in [3.63, 3.8) is 0 Å². The van der Waals surface area contributed by atoms with Crippen LogP contribution < -0.4 is 15.0 Å². The second-order valence-corrected chi connectivity index (χ2v) is 12.2. The second-order valence-electron chi connectivity index (χ2n) is 6.20. The fourth-order valence-electron chi connectivity index (χ4n) is 2.99. The zero-order valence-electron chi connectivity index (χ0n) is 14.5. The van der Waals surface area contributed by atoms with Crippen LogP contribution in [0.5, 0.6) is 0 Å². The Bertz CT molecular complexity index is 1020. The van der Waals surface area contributed by atoms with E-state index in [-0.39, 0.29) is 21.7 Å². The highest BCUT2D eigenvalue weighted by Crippen LogP contribution is 2.40. The lowest BCUT2D eigenvalue weighted by atomic mass is 9.41. The summed E-state index contributed by atoms with van der Waals surface area (Å²) in [6, 6.07) is 5.35. The van der Waals surface area contributed by atoms with E-state index < -0.39 is 47.4 Å². The van der Waals surface area contributed by atoms with Gasteiger partial charge < -0.3 is 0 Å². The molecule has 0 radical (unpaired) electrons. The number of hydrogen-bond donors (Lipinski definition) is 0. The molecule has 14 heteroatoms. The molecule has 0 saturated heterocycles. The molecule has 1 aromatic carbocycles. The summed E-state index contributed by atoms with van der Waals surface area (Å²) >= 11 is 5.70. The molecule has 0 aliphatic rings. The first kappa shape index (κ1) is 25.1. The predicted octanol–water partition coefficient (Wildman–Crippen LogP) is 6.59. The van der Waals surface area contributed by atoms with Crippen LogP contribution in [0, 0.1) is 5.77 Å². The summed E-state index contributed by atoms with van der Waals surface area (Å²) in [5.74, 6) is 0. The summed E-state index contributed by atoms with van der Waals surface area (Å²) in [7, 11) is 0. The molecule has 3 rings (SSSR count). The maximum absolute atomic E-state index is 13.9. The van der Waals surface area contributed by atoms with E-state index in [2.05, 4.69) is 0 Å². The molecule has 0 amide bonds. The van der Waals surface area contributed by atoms with Gasteiger partial charge in [-0.1, -0.05) is 12.1 Å². The highest BCUT2D eigenvalue weighted by atomic mass is 127. The van der Waals surface area contributed by atoms with Crippen molar-refractivity contribution < 1.29 is 39.5 Å². The normalized spacial score (nSPS) is 13.0. The molecule has 2 aromatic heterocycles. The Morgan fingerprint density at radius 1 is 0.613 bits per heavy atom. The predicted molar refractivity (Wildman–Crippen MR) is 120 cm³/mol. The largest absolute Gasteiger partial charge is 0.416 e. The van der Waals surface area contributed by atoms with Gasteiger partial charge in [-0.15, -0.1) is 22.7 Å². The number of alkyl halides is 9. The third-order valence-electron chi connectivity index (χ3n) is 4.16. The Morgan fingerprint density at radius 3 is 1.26 bits per heavy atom. The molecule has 0 aliphatic carbocycles. The molecular formula is C17H6BF9I2S2. The average Bonchev–Trinajstić information content (AvgIpc) is 3.21. The molecule has 166 valence electrons. The van der Waals surface area contributed by atoms with Gasteiger partial charge in [0.15, 0.2) is 0 Å². The summed E-state index contributed by atoms with van der Waals surface area (Å²) in [5.41, 5.74) is -7.14. The van der Waals surface area contributed by atoms with Crippen LogP contribution in [-0.2, 0) is 18.5 Å². The SMILES string of the molecule is FC(F)(F)c1cc(C(F)(F)F)c(B(c2ccc(I)s2)c2ccc(I)s2)c(C(F)(F)F)c1. The van der Waals surface area contributed by atoms with Gasteiger partial charge in [-0.05, 0) is 84.5 Å². The van der Waals surface area contributed by atoms with E-state index in [1.807, 2.05) is 45.2 Å². The van der Waals surface area contributed by atoms with E-state index in [0.29, 0.717) is 5.77 Å². The van der Waals surface area contributed by atoms with E-state index in [4.69, 9.17) is 0 Å². The number of thiophene rings is 2. The Morgan fingerprint density at radius 2 is 1.00 bits per heavy atom. The fourth-order valence-corrected chi connectivity index (χ4v) is 6.67. The molecule has 0 nitrogen and oxygen atoms in total. The minimum atomic E-state index is -5.44. The maximum Gasteiger partial charge on any atom is 0.416 e. The standard InChI is InChI=1S/C17H6BF9I2S2/c19-15(20,21)7-5-8(16(22,23)24)14(9(6-7)17(25,26)27)18(10-1-3-12(28)30-10)11-2-4-13(29)31-11/h1-6H. The summed E-state index contributed by atoms with van der Waals surface area (Å²) in [6.07, 6.45) is -16.3. The lowest BCUT2D eigenvalue weighted by Crippen LogP contribution is -2.54. The Kier molecular flexibility index (Phi) is 7.06. The molecule has 3 aromatic rings. The van der Waals surface area contributed by atoms with Crippen LogP contribution in [0.2, 0.25) is 0 Å². The van der Waals surface area contributed by atoms with Gasteiger partial charge >= 0.3 is 18.5 Å². The second kappa shape index (κ2) is 8.70. The van der Waals surface area contributed by atoms with Gasteiger partial charge in [0.2, 0.25) is 0 Å². The van der Waals surface area contributed by atoms with Gasteiger partial charge in [0.1, 0.15) is 0 Å². The summed E-state index contributed by atoms with van der Waals surface area (Å²) < 4.78 is 124. The fraction of sp³-hybridized carbons (Fsp3) is 0.176. The van der Waals surface area contributed by atoms with Crippen molar-refractivity contribution in [2.24, 2.45) is 0 Å². The first-order chi connectivity index (χ1) is 14.1. The van der Waals surface area contributed by atoms with E-state index in [1.54, 1.807) is 0 Å². The lowest BCUT2D eigenvalue weighted by molar-refractivity contribution is -0.147. The third-order valence-corrected chi connectivity index (χ3v) is 8.08. The first-order valence-electron chi connectivity index (χ1n) is 7.99. The van der Waals surface area contributed by atoms with E-state index in [1.165, 1.54) is 24.3 Å². The molecule has 0 saturated carbocycles. The van der Waals surface area contributed by atoms with Gasteiger partial charge in [-0.25, -0.2) is 0 Å². The highest BCUT2D eigenvalue weighted by Gasteiger charge is 2.48. The molecule has 0 fully saturated rings. The average molecular weight is 710 g/mol. The van der Waals surface area contributed by atoms with Gasteiger partial charge in [0, 0.05) is 0 Å². The van der Waals surface area contributed by atoms with Gasteiger partial charge in [-0.2, -0.15) is 39.5 Å². The van der Waals surface area contributed by atoms with E-state index >= 15 is 0 Å². The van der Waals surface area contributed by atoms with Crippen LogP contribution in [-0.4, -0.2) is 6.71 Å². The quantitative estimate of drug-likeness (QED) is 0.164. The van der Waals surface area contributed by atoms with Crippen LogP contribution >= 0.6 is 67.9 Å². The van der Waals surface area contributed by atoms with Crippen LogP contribution in [0.4, 0.5) is 39.5 Å². The molecule has 2 heterocycles. The monoisotopic (exact) mass is 710 g/mol. The van der Waals surface area contributed by atoms with Crippen molar-refractivity contribution in [2.45, 2.75) is 18.5 Å². The van der Waals surface area contributed by atoms with E-state index in [9.17, 15) is 39.5 Å². The number of hydrogen-bond acceptors (Lipinski definition) is 2. The molecule has 0 aliphatic heterocycles. The minimum Gasteiger partial charge on any atom is -0.166 e. The third kappa shape index (κ3) is 5.54. The zero-order valence-corrected chi connectivity index (χ0v) is 20.5. The van der Waals surface area contributed by atoms with Crippen molar-refractivity contribution in [1.29, 1.82) is 0 Å². The lowest BCUT2D eigenvalue weighted by Gasteiger charge is -2.24. The zero-order chi connectivity index (χ0) is 23.4. The van der Waals surface area contributed by atoms with Crippen LogP contribution in [0.1, 0.15) is 16.7 Å². The van der Waals surface area contributed by atoms with E-state index in [0.717, 1.165) is 22.7 Å². The molecule has 31 heavy (non-hydrogen) atoms. The van der Waals surface area contributed by atoms with Crippen LogP contribution in [0.15, 0.2) is 36.4 Å². The number of halogens is 11. The van der Waals surface area contributed by atoms with Crippen LogP contribution in [0.25, 0.3) is 0 Å². The van der Waals surface area contributed by atoms with Crippen molar-refractivity contribution in [2.75, 3.05) is 0 Å². The number of benzene rings is 1. The summed E-state index contributed by atoms with van der Waals surface area (Å²) in [6.45, 7) is -1.53. The molecule has 0 N–H and O–H groups in total. The number of rotatable bonds is 3. The molecule has 0 atom stereocenters. The minimum absolute atomic E-state index is 0.165. The van der Waals surface area contributed by atoms with Gasteiger partial charge in [0.25, 0.3) is 6.71 Å². The van der Waals surface area contributed by atoms with Crippen LogP contribution in [0.3, 0.4) is 0 Å². The highest BCUT2D eigenvalue weighted by molar-refractivity contribution is 14.1. The molecular weight excluding hydrogens is 704 g/mol. The molecule has 0 spiro atoms. The van der Waals surface area contributed by atoms with Crippen molar-refractivity contribution in [3.05, 3.63) is 58.9 Å². The summed E-state index contributed by atoms with van der Waals surface area (Å²) in [5, 5.41) is 0. The first-order valence-corrected chi connectivity index (χ1v) is 11.8. The summed E-state index contributed by atoms with van der Waals surface area (Å²) in [4.78, 5) is 0. The topological polar surface area (TPSA) is 0 Å². The van der Waals surface area contributed by atoms with Crippen molar-refractivity contribution in [1.82, 2.24) is 0 Å². The van der Waals surface area contributed by atoms with Gasteiger partial charge in [0.05, 0.1) is 22.5 Å².